The highest BCUT2D eigenvalue weighted by molar-refractivity contribution is 7.80. The maximum absolute atomic E-state index is 9.94. The molecule has 1 unspecified atom stereocenters. The minimum atomic E-state index is -0.343. The quantitative estimate of drug-likeness (QED) is 0.521. The highest BCUT2D eigenvalue weighted by Gasteiger charge is 2.26. The molecule has 2 nitrogen and oxygen atoms in total. The number of phenolic OH excluding ortho intramolecular Hbond substituents is 2. The molecule has 1 atom stereocenters. The Morgan fingerprint density at radius 3 is 1.87 bits per heavy atom. The maximum atomic E-state index is 9.94. The van der Waals surface area contributed by atoms with Gasteiger partial charge in [0, 0.05) is 16.2 Å². The SMILES string of the molecule is CC(C)(c1ccccc1)c1cccc(O)c1O.CC(C)C(C)S. The van der Waals surface area contributed by atoms with Crippen LogP contribution >= 0.6 is 12.6 Å². The lowest BCUT2D eigenvalue weighted by molar-refractivity contribution is 0.392. The lowest BCUT2D eigenvalue weighted by Crippen LogP contribution is -2.18. The number of para-hydroxylation sites is 1. The molecule has 2 rings (SSSR count). The largest absolute Gasteiger partial charge is 0.504 e. The topological polar surface area (TPSA) is 40.5 Å². The van der Waals surface area contributed by atoms with Crippen molar-refractivity contribution in [2.45, 2.75) is 45.3 Å². The number of hydrogen-bond acceptors (Lipinski definition) is 3. The summed E-state index contributed by atoms with van der Waals surface area (Å²) in [7, 11) is 0. The molecule has 0 aliphatic rings. The van der Waals surface area contributed by atoms with E-state index in [0.717, 1.165) is 11.1 Å². The summed E-state index contributed by atoms with van der Waals surface area (Å²) >= 11 is 4.19. The van der Waals surface area contributed by atoms with Gasteiger partial charge in [0.2, 0.25) is 0 Å². The lowest BCUT2D eigenvalue weighted by atomic mass is 9.77. The predicted octanol–water partition coefficient (Wildman–Crippen LogP) is 5.38. The smallest absolute Gasteiger partial charge is 0.161 e. The number of aromatic hydroxyl groups is 2. The summed E-state index contributed by atoms with van der Waals surface area (Å²) < 4.78 is 0. The van der Waals surface area contributed by atoms with E-state index < -0.39 is 0 Å². The number of phenols is 2. The maximum Gasteiger partial charge on any atom is 0.161 e. The van der Waals surface area contributed by atoms with Gasteiger partial charge >= 0.3 is 0 Å². The molecule has 0 heterocycles. The van der Waals surface area contributed by atoms with Crippen LogP contribution in [0.3, 0.4) is 0 Å². The zero-order valence-corrected chi connectivity index (χ0v) is 15.5. The van der Waals surface area contributed by atoms with Crippen molar-refractivity contribution < 1.29 is 10.2 Å². The third kappa shape index (κ3) is 5.21. The average Bonchev–Trinajstić information content (AvgIpc) is 2.51. The van der Waals surface area contributed by atoms with Gasteiger partial charge in [-0.1, -0.05) is 77.1 Å². The Kier molecular flexibility index (Phi) is 7.01. The Hall–Kier alpha value is -1.61. The summed E-state index contributed by atoms with van der Waals surface area (Å²) in [5.74, 6) is 0.598. The van der Waals surface area contributed by atoms with Crippen molar-refractivity contribution in [1.82, 2.24) is 0 Å². The van der Waals surface area contributed by atoms with Crippen LogP contribution in [0.1, 0.15) is 45.7 Å². The van der Waals surface area contributed by atoms with E-state index in [2.05, 4.69) is 33.4 Å². The third-order valence-corrected chi connectivity index (χ3v) is 4.74. The van der Waals surface area contributed by atoms with Crippen LogP contribution in [0.5, 0.6) is 11.5 Å². The van der Waals surface area contributed by atoms with Crippen molar-refractivity contribution in [2.24, 2.45) is 5.92 Å². The molecule has 0 aliphatic carbocycles. The van der Waals surface area contributed by atoms with Crippen LogP contribution in [0, 0.1) is 5.92 Å². The molecule has 3 heteroatoms. The normalized spacial score (nSPS) is 12.5. The molecule has 0 bridgehead atoms. The van der Waals surface area contributed by atoms with Gasteiger partial charge in [0.25, 0.3) is 0 Å². The monoisotopic (exact) mass is 332 g/mol. The van der Waals surface area contributed by atoms with Crippen molar-refractivity contribution in [2.75, 3.05) is 0 Å². The Morgan fingerprint density at radius 1 is 0.870 bits per heavy atom. The van der Waals surface area contributed by atoms with Crippen molar-refractivity contribution in [3.8, 4) is 11.5 Å². The van der Waals surface area contributed by atoms with Crippen LogP contribution in [0.15, 0.2) is 48.5 Å². The molecule has 0 aromatic heterocycles. The first-order valence-electron chi connectivity index (χ1n) is 7.93. The second kappa shape index (κ2) is 8.30. The van der Waals surface area contributed by atoms with Gasteiger partial charge in [-0.3, -0.25) is 0 Å². The number of benzene rings is 2. The zero-order chi connectivity index (χ0) is 17.6. The van der Waals surface area contributed by atoms with E-state index in [-0.39, 0.29) is 16.9 Å². The fourth-order valence-electron chi connectivity index (χ4n) is 2.05. The van der Waals surface area contributed by atoms with Gasteiger partial charge in [0.1, 0.15) is 0 Å². The molecule has 0 fully saturated rings. The van der Waals surface area contributed by atoms with Crippen LogP contribution in [0.4, 0.5) is 0 Å². The molecule has 2 N–H and O–H groups in total. The first-order valence-corrected chi connectivity index (χ1v) is 8.44. The van der Waals surface area contributed by atoms with E-state index in [4.69, 9.17) is 0 Å². The molecule has 0 radical (unpaired) electrons. The first-order chi connectivity index (χ1) is 10.7. The Balaban J connectivity index is 0.000000379. The molecule has 0 amide bonds. The van der Waals surface area contributed by atoms with Crippen molar-refractivity contribution in [3.05, 3.63) is 59.7 Å². The number of rotatable bonds is 3. The van der Waals surface area contributed by atoms with E-state index in [0.29, 0.717) is 11.2 Å². The fraction of sp³-hybridized carbons (Fsp3) is 0.400. The van der Waals surface area contributed by atoms with Crippen LogP contribution in [-0.2, 0) is 5.41 Å². The van der Waals surface area contributed by atoms with Crippen molar-refractivity contribution >= 4 is 12.6 Å². The van der Waals surface area contributed by atoms with E-state index in [9.17, 15) is 10.2 Å². The molecule has 2 aromatic carbocycles. The van der Waals surface area contributed by atoms with Gasteiger partial charge in [-0.2, -0.15) is 12.6 Å². The lowest BCUT2D eigenvalue weighted by Gasteiger charge is -2.27. The van der Waals surface area contributed by atoms with E-state index >= 15 is 0 Å². The number of hydrogen-bond donors (Lipinski definition) is 3. The first kappa shape index (κ1) is 19.4. The van der Waals surface area contributed by atoms with Crippen LogP contribution in [0.2, 0.25) is 0 Å². The zero-order valence-electron chi connectivity index (χ0n) is 14.6. The number of thiol groups is 1. The predicted molar refractivity (Wildman–Crippen MR) is 102 cm³/mol. The molecule has 126 valence electrons. The molecule has 0 saturated carbocycles. The summed E-state index contributed by atoms with van der Waals surface area (Å²) in [6.45, 7) is 10.5. The molecule has 0 saturated heterocycles. The average molecular weight is 333 g/mol. The highest BCUT2D eigenvalue weighted by atomic mass is 32.1. The second-order valence-electron chi connectivity index (χ2n) is 6.65. The van der Waals surface area contributed by atoms with Gasteiger partial charge in [0.15, 0.2) is 11.5 Å². The molecular formula is C20H28O2S. The van der Waals surface area contributed by atoms with Gasteiger partial charge in [-0.25, -0.2) is 0 Å². The summed E-state index contributed by atoms with van der Waals surface area (Å²) in [6, 6.07) is 15.0. The van der Waals surface area contributed by atoms with Gasteiger partial charge in [0.05, 0.1) is 0 Å². The summed E-state index contributed by atoms with van der Waals surface area (Å²) in [4.78, 5) is 0. The second-order valence-corrected chi connectivity index (χ2v) is 7.46. The van der Waals surface area contributed by atoms with Gasteiger partial charge in [-0.05, 0) is 17.5 Å². The summed E-state index contributed by atoms with van der Waals surface area (Å²) in [5.41, 5.74) is 1.48. The fourth-order valence-corrected chi connectivity index (χ4v) is 2.05. The standard InChI is InChI=1S/C15H16O2.C5H12S/c1-15(2,11-7-4-3-5-8-11)12-9-6-10-13(16)14(12)17;1-4(2)5(3)6/h3-10,16-17H,1-2H3;4-6H,1-3H3. The van der Waals surface area contributed by atoms with Gasteiger partial charge in [-0.15, -0.1) is 0 Å². The summed E-state index contributed by atoms with van der Waals surface area (Å²) in [5, 5.41) is 20.1. The highest BCUT2D eigenvalue weighted by Crippen LogP contribution is 2.40. The minimum Gasteiger partial charge on any atom is -0.504 e. The Bertz CT molecular complexity index is 598. The van der Waals surface area contributed by atoms with E-state index in [1.54, 1.807) is 6.07 Å². The van der Waals surface area contributed by atoms with Gasteiger partial charge < -0.3 is 10.2 Å². The van der Waals surface area contributed by atoms with E-state index in [1.165, 1.54) is 6.07 Å². The van der Waals surface area contributed by atoms with E-state index in [1.807, 2.05) is 50.2 Å². The van der Waals surface area contributed by atoms with Crippen LogP contribution in [-0.4, -0.2) is 15.5 Å². The molecule has 2 aromatic rings. The summed E-state index contributed by atoms with van der Waals surface area (Å²) in [6.07, 6.45) is 0. The minimum absolute atomic E-state index is 0.0404. The molecular weight excluding hydrogens is 304 g/mol. The Morgan fingerprint density at radius 2 is 1.39 bits per heavy atom. The molecule has 0 spiro atoms. The van der Waals surface area contributed by atoms with Crippen LogP contribution in [0.25, 0.3) is 0 Å². The Labute approximate surface area is 145 Å². The van der Waals surface area contributed by atoms with Crippen molar-refractivity contribution in [1.29, 1.82) is 0 Å². The third-order valence-electron chi connectivity index (χ3n) is 4.15. The molecule has 23 heavy (non-hydrogen) atoms. The van der Waals surface area contributed by atoms with Crippen molar-refractivity contribution in [3.63, 3.8) is 0 Å². The van der Waals surface area contributed by atoms with Crippen LogP contribution < -0.4 is 0 Å². The molecule has 0 aliphatic heterocycles.